The van der Waals surface area contributed by atoms with E-state index in [1.165, 1.54) is 4.31 Å². The van der Waals surface area contributed by atoms with Crippen LogP contribution in [0, 0.1) is 0 Å². The van der Waals surface area contributed by atoms with Crippen LogP contribution in [0.5, 0.6) is 0 Å². The molecule has 3 aromatic rings. The lowest BCUT2D eigenvalue weighted by Gasteiger charge is -2.17. The molecule has 1 aromatic heterocycles. The highest BCUT2D eigenvalue weighted by molar-refractivity contribution is 7.93. The number of para-hydroxylation sites is 2. The summed E-state index contributed by atoms with van der Waals surface area (Å²) in [7, 11) is -3.16. The molecule has 7 heteroatoms. The monoisotopic (exact) mass is 343 g/mol. The number of aromatic nitrogens is 1. The minimum Gasteiger partial charge on any atom is -0.424 e. The molecule has 1 saturated heterocycles. The first-order chi connectivity index (χ1) is 11.6. The van der Waals surface area contributed by atoms with E-state index in [0.29, 0.717) is 31.2 Å². The van der Waals surface area contributed by atoms with Crippen LogP contribution in [0.1, 0.15) is 12.0 Å². The van der Waals surface area contributed by atoms with Crippen molar-refractivity contribution in [1.82, 2.24) is 4.98 Å². The lowest BCUT2D eigenvalue weighted by atomic mass is 10.2. The van der Waals surface area contributed by atoms with E-state index >= 15 is 0 Å². The second-order valence-corrected chi connectivity index (χ2v) is 7.76. The van der Waals surface area contributed by atoms with Gasteiger partial charge in [0.25, 0.3) is 6.01 Å². The summed E-state index contributed by atoms with van der Waals surface area (Å²) in [4.78, 5) is 4.37. The summed E-state index contributed by atoms with van der Waals surface area (Å²) in [6, 6.07) is 15.6. The van der Waals surface area contributed by atoms with Gasteiger partial charge in [-0.25, -0.2) is 8.42 Å². The van der Waals surface area contributed by atoms with Crippen LogP contribution in [-0.2, 0) is 16.6 Å². The van der Waals surface area contributed by atoms with Crippen molar-refractivity contribution in [2.75, 3.05) is 21.9 Å². The summed E-state index contributed by atoms with van der Waals surface area (Å²) in [6.45, 7) is 1.05. The molecule has 0 atom stereocenters. The summed E-state index contributed by atoms with van der Waals surface area (Å²) in [5.74, 6) is 0.221. The average Bonchev–Trinajstić information content (AvgIpc) is 3.15. The highest BCUT2D eigenvalue weighted by atomic mass is 32.2. The van der Waals surface area contributed by atoms with E-state index < -0.39 is 10.0 Å². The number of anilines is 2. The van der Waals surface area contributed by atoms with Crippen LogP contribution in [0.2, 0.25) is 0 Å². The largest absolute Gasteiger partial charge is 0.424 e. The Balaban J connectivity index is 1.52. The van der Waals surface area contributed by atoms with Crippen LogP contribution < -0.4 is 9.62 Å². The zero-order chi connectivity index (χ0) is 16.6. The van der Waals surface area contributed by atoms with Crippen molar-refractivity contribution < 1.29 is 12.8 Å². The van der Waals surface area contributed by atoms with Gasteiger partial charge in [0.1, 0.15) is 5.52 Å². The van der Waals surface area contributed by atoms with Gasteiger partial charge in [-0.05, 0) is 36.2 Å². The number of nitrogens with one attached hydrogen (secondary N) is 1. The van der Waals surface area contributed by atoms with E-state index in [2.05, 4.69) is 10.3 Å². The maximum Gasteiger partial charge on any atom is 0.295 e. The molecule has 0 aliphatic carbocycles. The summed E-state index contributed by atoms with van der Waals surface area (Å²) in [6.07, 6.45) is 0.674. The minimum absolute atomic E-state index is 0.221. The van der Waals surface area contributed by atoms with E-state index in [1.807, 2.05) is 48.5 Å². The van der Waals surface area contributed by atoms with Crippen molar-refractivity contribution in [1.29, 1.82) is 0 Å². The number of hydrogen-bond donors (Lipinski definition) is 1. The van der Waals surface area contributed by atoms with Crippen LogP contribution in [0.15, 0.2) is 52.9 Å². The second-order valence-electron chi connectivity index (χ2n) is 5.75. The number of rotatable bonds is 4. The van der Waals surface area contributed by atoms with E-state index in [1.54, 1.807) is 0 Å². The molecule has 0 saturated carbocycles. The fourth-order valence-electron chi connectivity index (χ4n) is 2.88. The van der Waals surface area contributed by atoms with Crippen LogP contribution >= 0.6 is 0 Å². The van der Waals surface area contributed by atoms with Crippen molar-refractivity contribution in [3.63, 3.8) is 0 Å². The number of hydrogen-bond acceptors (Lipinski definition) is 5. The first kappa shape index (κ1) is 15.0. The zero-order valence-corrected chi connectivity index (χ0v) is 13.8. The highest BCUT2D eigenvalue weighted by Crippen LogP contribution is 2.25. The molecule has 1 fully saturated rings. The zero-order valence-electron chi connectivity index (χ0n) is 13.0. The van der Waals surface area contributed by atoms with Crippen molar-refractivity contribution in [3.05, 3.63) is 54.1 Å². The predicted molar refractivity (Wildman–Crippen MR) is 93.5 cm³/mol. The van der Waals surface area contributed by atoms with Gasteiger partial charge in [-0.1, -0.05) is 24.3 Å². The topological polar surface area (TPSA) is 75.4 Å². The Bertz CT molecular complexity index is 948. The molecular formula is C17H17N3O3S. The molecule has 4 rings (SSSR count). The molecule has 1 aliphatic rings. The molecule has 24 heavy (non-hydrogen) atoms. The lowest BCUT2D eigenvalue weighted by Crippen LogP contribution is -2.25. The smallest absolute Gasteiger partial charge is 0.295 e. The normalized spacial score (nSPS) is 16.6. The maximum absolute atomic E-state index is 12.0. The van der Waals surface area contributed by atoms with Crippen molar-refractivity contribution in [2.45, 2.75) is 13.0 Å². The van der Waals surface area contributed by atoms with Crippen LogP contribution in [-0.4, -0.2) is 25.7 Å². The van der Waals surface area contributed by atoms with Crippen LogP contribution in [0.3, 0.4) is 0 Å². The fourth-order valence-corrected chi connectivity index (χ4v) is 4.43. The van der Waals surface area contributed by atoms with Gasteiger partial charge in [-0.2, -0.15) is 4.98 Å². The number of nitrogens with zero attached hydrogens (tertiary/aromatic N) is 2. The fraction of sp³-hybridized carbons (Fsp3) is 0.235. The quantitative estimate of drug-likeness (QED) is 0.788. The Labute approximate surface area is 140 Å². The maximum atomic E-state index is 12.0. The molecule has 124 valence electrons. The minimum atomic E-state index is -3.16. The lowest BCUT2D eigenvalue weighted by molar-refractivity contribution is 0.599. The summed E-state index contributed by atoms with van der Waals surface area (Å²) < 4.78 is 31.2. The van der Waals surface area contributed by atoms with Gasteiger partial charge in [0.15, 0.2) is 5.58 Å². The second kappa shape index (κ2) is 5.83. The predicted octanol–water partition coefficient (Wildman–Crippen LogP) is 2.98. The van der Waals surface area contributed by atoms with Crippen LogP contribution in [0.4, 0.5) is 11.7 Å². The van der Waals surface area contributed by atoms with Crippen LogP contribution in [0.25, 0.3) is 11.1 Å². The molecule has 0 bridgehead atoms. The Morgan fingerprint density at radius 3 is 2.83 bits per heavy atom. The molecule has 1 N–H and O–H groups in total. The molecule has 0 amide bonds. The Hall–Kier alpha value is -2.54. The third kappa shape index (κ3) is 2.82. The van der Waals surface area contributed by atoms with E-state index in [0.717, 1.165) is 16.7 Å². The summed E-state index contributed by atoms with van der Waals surface area (Å²) in [5.41, 5.74) is 3.22. The third-order valence-electron chi connectivity index (χ3n) is 4.04. The summed E-state index contributed by atoms with van der Waals surface area (Å²) >= 11 is 0. The van der Waals surface area contributed by atoms with Crippen molar-refractivity contribution in [3.8, 4) is 0 Å². The SMILES string of the molecule is O=S1(=O)CCCN1c1cccc(CNc2nc3ccccc3o2)c1. The van der Waals surface area contributed by atoms with E-state index in [4.69, 9.17) is 4.42 Å². The standard InChI is InChI=1S/C17H17N3O3S/c21-24(22)10-4-9-20(24)14-6-3-5-13(11-14)12-18-17-19-15-7-1-2-8-16(15)23-17/h1-3,5-8,11H,4,9-10,12H2,(H,18,19). The summed E-state index contributed by atoms with van der Waals surface area (Å²) in [5, 5.41) is 3.14. The molecule has 2 heterocycles. The molecular weight excluding hydrogens is 326 g/mol. The van der Waals surface area contributed by atoms with Gasteiger partial charge < -0.3 is 9.73 Å². The van der Waals surface area contributed by atoms with Gasteiger partial charge in [-0.3, -0.25) is 4.31 Å². The molecule has 0 unspecified atom stereocenters. The Kier molecular flexibility index (Phi) is 3.65. The first-order valence-electron chi connectivity index (χ1n) is 7.81. The van der Waals surface area contributed by atoms with Crippen molar-refractivity contribution >= 4 is 32.8 Å². The molecule has 0 spiro atoms. The molecule has 2 aromatic carbocycles. The Morgan fingerprint density at radius 1 is 1.17 bits per heavy atom. The van der Waals surface area contributed by atoms with Gasteiger partial charge in [0.05, 0.1) is 11.4 Å². The van der Waals surface area contributed by atoms with Gasteiger partial charge in [-0.15, -0.1) is 0 Å². The van der Waals surface area contributed by atoms with Gasteiger partial charge in [0.2, 0.25) is 10.0 Å². The van der Waals surface area contributed by atoms with E-state index in [9.17, 15) is 8.42 Å². The van der Waals surface area contributed by atoms with Crippen molar-refractivity contribution in [2.24, 2.45) is 0 Å². The third-order valence-corrected chi connectivity index (χ3v) is 5.90. The average molecular weight is 343 g/mol. The molecule has 1 aliphatic heterocycles. The first-order valence-corrected chi connectivity index (χ1v) is 9.41. The Morgan fingerprint density at radius 2 is 2.04 bits per heavy atom. The number of benzene rings is 2. The van der Waals surface area contributed by atoms with Gasteiger partial charge >= 0.3 is 0 Å². The van der Waals surface area contributed by atoms with Gasteiger partial charge in [0, 0.05) is 13.1 Å². The number of oxazole rings is 1. The van der Waals surface area contributed by atoms with E-state index in [-0.39, 0.29) is 5.75 Å². The molecule has 0 radical (unpaired) electrons. The number of sulfonamides is 1. The molecule has 6 nitrogen and oxygen atoms in total. The number of fused-ring (bicyclic) bond motifs is 1. The highest BCUT2D eigenvalue weighted by Gasteiger charge is 2.28.